The molecule has 3 heterocycles. The molecule has 4 rings (SSSR count). The quantitative estimate of drug-likeness (QED) is 0.529. The van der Waals surface area contributed by atoms with Crippen LogP contribution < -0.4 is 0 Å². The Labute approximate surface area is 150 Å². The molecule has 134 valence electrons. The summed E-state index contributed by atoms with van der Waals surface area (Å²) in [6.07, 6.45) is -0.289. The molecule has 3 aromatic heterocycles. The molecule has 0 radical (unpaired) electrons. The van der Waals surface area contributed by atoms with Crippen LogP contribution in [0.5, 0.6) is 0 Å². The van der Waals surface area contributed by atoms with Gasteiger partial charge in [-0.25, -0.2) is 9.97 Å². The Bertz CT molecular complexity index is 1130. The normalized spacial score (nSPS) is 12.6. The number of nitrogens with zero attached hydrogens (tertiary/aromatic N) is 4. The molecule has 0 aliphatic heterocycles. The van der Waals surface area contributed by atoms with E-state index in [2.05, 4.69) is 20.2 Å². The Hall–Kier alpha value is -2.61. The van der Waals surface area contributed by atoms with Crippen molar-refractivity contribution in [1.82, 2.24) is 24.6 Å². The van der Waals surface area contributed by atoms with E-state index in [1.54, 1.807) is 12.3 Å². The average molecular weight is 380 g/mol. The summed E-state index contributed by atoms with van der Waals surface area (Å²) in [6, 6.07) is 3.07. The summed E-state index contributed by atoms with van der Waals surface area (Å²) in [6.45, 7) is 3.85. The van der Waals surface area contributed by atoms with E-state index in [1.165, 1.54) is 16.7 Å². The van der Waals surface area contributed by atoms with E-state index in [9.17, 15) is 13.2 Å². The van der Waals surface area contributed by atoms with Gasteiger partial charge in [0.2, 0.25) is 0 Å². The van der Waals surface area contributed by atoms with Crippen molar-refractivity contribution in [2.24, 2.45) is 0 Å². The summed E-state index contributed by atoms with van der Waals surface area (Å²) < 4.78 is 42.4. The minimum Gasteiger partial charge on any atom is -0.290 e. The molecule has 0 aliphatic carbocycles. The predicted molar refractivity (Wildman–Crippen MR) is 92.2 cm³/mol. The standard InChI is InChI=1S/C17H13ClF3N5/c1-8(2)12-6-26-7-22-15(17(19,20)21)13(16(26)24-12)9-3-10-5-23-25-14(10)11(18)4-9/h3-8H,1-2H3,(H,23,25). The van der Waals surface area contributed by atoms with Crippen molar-refractivity contribution in [1.29, 1.82) is 0 Å². The van der Waals surface area contributed by atoms with Crippen molar-refractivity contribution in [2.45, 2.75) is 25.9 Å². The van der Waals surface area contributed by atoms with Gasteiger partial charge in [0.25, 0.3) is 0 Å². The zero-order valence-corrected chi connectivity index (χ0v) is 14.5. The van der Waals surface area contributed by atoms with Gasteiger partial charge in [-0.1, -0.05) is 25.4 Å². The first-order chi connectivity index (χ1) is 12.3. The van der Waals surface area contributed by atoms with Gasteiger partial charge in [-0.3, -0.25) is 9.50 Å². The minimum atomic E-state index is -4.63. The Morgan fingerprint density at radius 1 is 1.23 bits per heavy atom. The number of imidazole rings is 1. The monoisotopic (exact) mass is 379 g/mol. The molecule has 26 heavy (non-hydrogen) atoms. The molecule has 4 aromatic rings. The lowest BCUT2D eigenvalue weighted by Gasteiger charge is -2.13. The van der Waals surface area contributed by atoms with Crippen LogP contribution in [-0.2, 0) is 6.18 Å². The van der Waals surface area contributed by atoms with Gasteiger partial charge in [0.1, 0.15) is 12.0 Å². The Kier molecular flexibility index (Phi) is 3.69. The fraction of sp³-hybridized carbons (Fsp3) is 0.235. The lowest BCUT2D eigenvalue weighted by atomic mass is 10.0. The molecule has 9 heteroatoms. The largest absolute Gasteiger partial charge is 0.434 e. The van der Waals surface area contributed by atoms with Crippen LogP contribution in [0.25, 0.3) is 27.7 Å². The molecule has 0 saturated heterocycles. The molecule has 0 spiro atoms. The molecule has 0 unspecified atom stereocenters. The molecule has 1 N–H and O–H groups in total. The van der Waals surface area contributed by atoms with Crippen LogP contribution in [0, 0.1) is 0 Å². The van der Waals surface area contributed by atoms with E-state index in [4.69, 9.17) is 11.6 Å². The van der Waals surface area contributed by atoms with Crippen molar-refractivity contribution in [3.8, 4) is 11.1 Å². The van der Waals surface area contributed by atoms with Gasteiger partial charge in [-0.15, -0.1) is 0 Å². The number of aromatic nitrogens is 5. The van der Waals surface area contributed by atoms with E-state index in [1.807, 2.05) is 13.8 Å². The van der Waals surface area contributed by atoms with E-state index in [-0.39, 0.29) is 27.7 Å². The number of halogens is 4. The van der Waals surface area contributed by atoms with Gasteiger partial charge in [0.15, 0.2) is 5.69 Å². The first-order valence-electron chi connectivity index (χ1n) is 7.83. The number of rotatable bonds is 2. The Morgan fingerprint density at radius 3 is 2.69 bits per heavy atom. The van der Waals surface area contributed by atoms with Crippen molar-refractivity contribution in [2.75, 3.05) is 0 Å². The van der Waals surface area contributed by atoms with Crippen molar-refractivity contribution < 1.29 is 13.2 Å². The van der Waals surface area contributed by atoms with E-state index in [0.29, 0.717) is 16.6 Å². The van der Waals surface area contributed by atoms with Crippen LogP contribution in [-0.4, -0.2) is 24.6 Å². The highest BCUT2D eigenvalue weighted by atomic mass is 35.5. The number of alkyl halides is 3. The number of fused-ring (bicyclic) bond motifs is 2. The van der Waals surface area contributed by atoms with Gasteiger partial charge in [0.05, 0.1) is 28.0 Å². The van der Waals surface area contributed by atoms with Gasteiger partial charge < -0.3 is 0 Å². The molecule has 0 bridgehead atoms. The molecule has 1 aromatic carbocycles. The summed E-state index contributed by atoms with van der Waals surface area (Å²) in [5, 5.41) is 7.50. The number of hydrogen-bond donors (Lipinski definition) is 1. The lowest BCUT2D eigenvalue weighted by Crippen LogP contribution is -2.12. The van der Waals surface area contributed by atoms with Gasteiger partial charge in [0, 0.05) is 11.6 Å². The van der Waals surface area contributed by atoms with Crippen molar-refractivity contribution >= 4 is 28.2 Å². The highest BCUT2D eigenvalue weighted by molar-refractivity contribution is 6.35. The molecule has 0 atom stereocenters. The number of nitrogens with one attached hydrogen (secondary N) is 1. The predicted octanol–water partition coefficient (Wildman–Crippen LogP) is 5.07. The third kappa shape index (κ3) is 2.61. The third-order valence-electron chi connectivity index (χ3n) is 4.17. The minimum absolute atomic E-state index is 0.0667. The van der Waals surface area contributed by atoms with Crippen LogP contribution in [0.2, 0.25) is 5.02 Å². The van der Waals surface area contributed by atoms with E-state index >= 15 is 0 Å². The topological polar surface area (TPSA) is 58.9 Å². The lowest BCUT2D eigenvalue weighted by molar-refractivity contribution is -0.140. The Morgan fingerprint density at radius 2 is 2.00 bits per heavy atom. The maximum Gasteiger partial charge on any atom is 0.434 e. The van der Waals surface area contributed by atoms with Crippen LogP contribution in [0.15, 0.2) is 30.9 Å². The fourth-order valence-corrected chi connectivity index (χ4v) is 3.16. The molecule has 0 fully saturated rings. The maximum absolute atomic E-state index is 13.6. The second kappa shape index (κ2) is 5.70. The van der Waals surface area contributed by atoms with Crippen LogP contribution in [0.3, 0.4) is 0 Å². The summed E-state index contributed by atoms with van der Waals surface area (Å²) in [7, 11) is 0. The van der Waals surface area contributed by atoms with Crippen molar-refractivity contribution in [3.05, 3.63) is 47.3 Å². The van der Waals surface area contributed by atoms with E-state index in [0.717, 1.165) is 6.33 Å². The zero-order valence-electron chi connectivity index (χ0n) is 13.8. The fourth-order valence-electron chi connectivity index (χ4n) is 2.89. The van der Waals surface area contributed by atoms with Crippen LogP contribution in [0.4, 0.5) is 13.2 Å². The second-order valence-corrected chi connectivity index (χ2v) is 6.72. The SMILES string of the molecule is CC(C)c1cn2cnc(C(F)(F)F)c(-c3cc(Cl)c4[nH]ncc4c3)c2n1. The number of aromatic amines is 1. The summed E-state index contributed by atoms with van der Waals surface area (Å²) in [5.41, 5.74) is 0.629. The first kappa shape index (κ1) is 16.8. The van der Waals surface area contributed by atoms with Crippen molar-refractivity contribution in [3.63, 3.8) is 0 Å². The molecular formula is C17H13ClF3N5. The third-order valence-corrected chi connectivity index (χ3v) is 4.47. The highest BCUT2D eigenvalue weighted by Gasteiger charge is 2.37. The molecule has 0 saturated carbocycles. The maximum atomic E-state index is 13.6. The summed E-state index contributed by atoms with van der Waals surface area (Å²) in [5.74, 6) is 0.0667. The van der Waals surface area contributed by atoms with Gasteiger partial charge in [-0.05, 0) is 23.6 Å². The average Bonchev–Trinajstić information content (AvgIpc) is 3.19. The highest BCUT2D eigenvalue weighted by Crippen LogP contribution is 2.40. The second-order valence-electron chi connectivity index (χ2n) is 6.31. The number of hydrogen-bond acceptors (Lipinski definition) is 3. The molecule has 0 amide bonds. The number of H-pyrrole nitrogens is 1. The van der Waals surface area contributed by atoms with E-state index < -0.39 is 11.9 Å². The molecule has 5 nitrogen and oxygen atoms in total. The summed E-state index contributed by atoms with van der Waals surface area (Å²) >= 11 is 6.23. The Balaban J connectivity index is 2.09. The van der Waals surface area contributed by atoms with Gasteiger partial charge in [-0.2, -0.15) is 18.3 Å². The smallest absolute Gasteiger partial charge is 0.290 e. The van der Waals surface area contributed by atoms with Crippen LogP contribution >= 0.6 is 11.6 Å². The zero-order chi connectivity index (χ0) is 18.6. The number of benzene rings is 1. The summed E-state index contributed by atoms with van der Waals surface area (Å²) in [4.78, 5) is 8.07. The van der Waals surface area contributed by atoms with Gasteiger partial charge >= 0.3 is 6.18 Å². The molecule has 0 aliphatic rings. The molecular weight excluding hydrogens is 367 g/mol. The first-order valence-corrected chi connectivity index (χ1v) is 8.21. The van der Waals surface area contributed by atoms with Crippen LogP contribution in [0.1, 0.15) is 31.2 Å².